The SMILES string of the molecule is O=C(Cc1ccccc1)OCCC#Cc1ccccc1. The highest BCUT2D eigenvalue weighted by Crippen LogP contribution is 2.01. The molecule has 2 aromatic rings. The molecule has 0 atom stereocenters. The number of ether oxygens (including phenoxy) is 1. The van der Waals surface area contributed by atoms with Gasteiger partial charge in [0.25, 0.3) is 0 Å². The summed E-state index contributed by atoms with van der Waals surface area (Å²) >= 11 is 0. The molecule has 0 aliphatic heterocycles. The van der Waals surface area contributed by atoms with Crippen LogP contribution in [0, 0.1) is 11.8 Å². The van der Waals surface area contributed by atoms with Crippen LogP contribution in [0.4, 0.5) is 0 Å². The third kappa shape index (κ3) is 4.99. The number of esters is 1. The van der Waals surface area contributed by atoms with Crippen molar-refractivity contribution in [1.82, 2.24) is 0 Å². The topological polar surface area (TPSA) is 26.3 Å². The first-order chi connectivity index (χ1) is 9.84. The van der Waals surface area contributed by atoms with Gasteiger partial charge in [-0.2, -0.15) is 0 Å². The first-order valence-electron chi connectivity index (χ1n) is 6.58. The first-order valence-corrected chi connectivity index (χ1v) is 6.58. The number of benzene rings is 2. The Morgan fingerprint density at radius 1 is 0.950 bits per heavy atom. The molecule has 0 radical (unpaired) electrons. The molecule has 2 heteroatoms. The van der Waals surface area contributed by atoms with E-state index in [0.717, 1.165) is 11.1 Å². The number of rotatable bonds is 4. The maximum absolute atomic E-state index is 11.6. The second-order valence-corrected chi connectivity index (χ2v) is 4.30. The molecular formula is C18H16O2. The molecule has 0 aromatic heterocycles. The monoisotopic (exact) mass is 264 g/mol. The number of hydrogen-bond acceptors (Lipinski definition) is 2. The van der Waals surface area contributed by atoms with Crippen molar-refractivity contribution in [2.24, 2.45) is 0 Å². The van der Waals surface area contributed by atoms with Crippen molar-refractivity contribution >= 4 is 5.97 Å². The van der Waals surface area contributed by atoms with Gasteiger partial charge in [0.15, 0.2) is 0 Å². The highest BCUT2D eigenvalue weighted by molar-refractivity contribution is 5.72. The van der Waals surface area contributed by atoms with E-state index in [4.69, 9.17) is 4.74 Å². The van der Waals surface area contributed by atoms with Gasteiger partial charge in [-0.15, -0.1) is 0 Å². The lowest BCUT2D eigenvalue weighted by Gasteiger charge is -2.02. The van der Waals surface area contributed by atoms with E-state index >= 15 is 0 Å². The Hall–Kier alpha value is -2.53. The Kier molecular flexibility index (Phi) is 5.42. The van der Waals surface area contributed by atoms with Crippen molar-refractivity contribution in [1.29, 1.82) is 0 Å². The van der Waals surface area contributed by atoms with Crippen LogP contribution in [0.15, 0.2) is 60.7 Å². The Morgan fingerprint density at radius 3 is 2.30 bits per heavy atom. The summed E-state index contributed by atoms with van der Waals surface area (Å²) in [5.41, 5.74) is 1.94. The number of carbonyl (C=O) groups excluding carboxylic acids is 1. The zero-order valence-electron chi connectivity index (χ0n) is 11.2. The molecule has 0 unspecified atom stereocenters. The van der Waals surface area contributed by atoms with E-state index in [-0.39, 0.29) is 5.97 Å². The minimum Gasteiger partial charge on any atom is -0.464 e. The maximum atomic E-state index is 11.6. The van der Waals surface area contributed by atoms with Gasteiger partial charge in [0.2, 0.25) is 0 Å². The molecule has 0 saturated carbocycles. The van der Waals surface area contributed by atoms with Gasteiger partial charge >= 0.3 is 5.97 Å². The average Bonchev–Trinajstić information content (AvgIpc) is 2.49. The highest BCUT2D eigenvalue weighted by Gasteiger charge is 2.02. The van der Waals surface area contributed by atoms with Gasteiger partial charge in [-0.1, -0.05) is 60.4 Å². The smallest absolute Gasteiger partial charge is 0.310 e. The molecule has 0 heterocycles. The lowest BCUT2D eigenvalue weighted by atomic mass is 10.2. The van der Waals surface area contributed by atoms with Gasteiger partial charge < -0.3 is 4.74 Å². The van der Waals surface area contributed by atoms with Gasteiger partial charge in [0.05, 0.1) is 6.42 Å². The third-order valence-corrected chi connectivity index (χ3v) is 2.69. The Morgan fingerprint density at radius 2 is 1.60 bits per heavy atom. The Labute approximate surface area is 119 Å². The van der Waals surface area contributed by atoms with Crippen LogP contribution in [0.25, 0.3) is 0 Å². The molecule has 0 aliphatic rings. The molecule has 2 nitrogen and oxygen atoms in total. The summed E-state index contributed by atoms with van der Waals surface area (Å²) < 4.78 is 5.14. The van der Waals surface area contributed by atoms with Crippen LogP contribution in [0.5, 0.6) is 0 Å². The van der Waals surface area contributed by atoms with Crippen LogP contribution in [-0.2, 0) is 16.0 Å². The summed E-state index contributed by atoms with van der Waals surface area (Å²) in [4.78, 5) is 11.6. The van der Waals surface area contributed by atoms with Crippen LogP contribution < -0.4 is 0 Å². The lowest BCUT2D eigenvalue weighted by molar-refractivity contribution is -0.142. The second kappa shape index (κ2) is 7.81. The van der Waals surface area contributed by atoms with Gasteiger partial charge in [-0.3, -0.25) is 4.79 Å². The van der Waals surface area contributed by atoms with E-state index in [9.17, 15) is 4.79 Å². The minimum atomic E-state index is -0.210. The zero-order chi connectivity index (χ0) is 14.0. The lowest BCUT2D eigenvalue weighted by Crippen LogP contribution is -2.08. The van der Waals surface area contributed by atoms with Crippen molar-refractivity contribution in [3.05, 3.63) is 71.8 Å². The van der Waals surface area contributed by atoms with Crippen LogP contribution in [0.3, 0.4) is 0 Å². The summed E-state index contributed by atoms with van der Waals surface area (Å²) in [5, 5.41) is 0. The molecular weight excluding hydrogens is 248 g/mol. The maximum Gasteiger partial charge on any atom is 0.310 e. The van der Waals surface area contributed by atoms with Gasteiger partial charge in [-0.25, -0.2) is 0 Å². The minimum absolute atomic E-state index is 0.210. The molecule has 2 rings (SSSR count). The molecule has 0 saturated heterocycles. The molecule has 100 valence electrons. The molecule has 0 amide bonds. The fraction of sp³-hybridized carbons (Fsp3) is 0.167. The van der Waals surface area contributed by atoms with Crippen LogP contribution in [0.1, 0.15) is 17.5 Å². The standard InChI is InChI=1S/C18H16O2/c19-18(15-17-12-5-2-6-13-17)20-14-8-7-11-16-9-3-1-4-10-16/h1-6,9-10,12-13H,8,14-15H2. The van der Waals surface area contributed by atoms with E-state index in [1.807, 2.05) is 60.7 Å². The summed E-state index contributed by atoms with van der Waals surface area (Å²) in [6.07, 6.45) is 0.863. The zero-order valence-corrected chi connectivity index (χ0v) is 11.2. The predicted molar refractivity (Wildman–Crippen MR) is 79.0 cm³/mol. The summed E-state index contributed by atoms with van der Waals surface area (Å²) in [5.74, 6) is 5.81. The molecule has 2 aromatic carbocycles. The van der Waals surface area contributed by atoms with Crippen molar-refractivity contribution in [2.75, 3.05) is 6.61 Å². The summed E-state index contributed by atoms with van der Waals surface area (Å²) in [6, 6.07) is 19.3. The number of hydrogen-bond donors (Lipinski definition) is 0. The van der Waals surface area contributed by atoms with Crippen LogP contribution in [-0.4, -0.2) is 12.6 Å². The van der Waals surface area contributed by atoms with Gasteiger partial charge in [0, 0.05) is 12.0 Å². The van der Waals surface area contributed by atoms with Crippen LogP contribution in [0.2, 0.25) is 0 Å². The molecule has 20 heavy (non-hydrogen) atoms. The second-order valence-electron chi connectivity index (χ2n) is 4.30. The predicted octanol–water partition coefficient (Wildman–Crippen LogP) is 3.21. The molecule has 0 fully saturated rings. The van der Waals surface area contributed by atoms with E-state index in [1.165, 1.54) is 0 Å². The molecule has 0 N–H and O–H groups in total. The van der Waals surface area contributed by atoms with E-state index in [2.05, 4.69) is 11.8 Å². The Balaban J connectivity index is 1.69. The van der Waals surface area contributed by atoms with Crippen molar-refractivity contribution in [3.63, 3.8) is 0 Å². The average molecular weight is 264 g/mol. The molecule has 0 spiro atoms. The van der Waals surface area contributed by atoms with Crippen molar-refractivity contribution in [2.45, 2.75) is 12.8 Å². The summed E-state index contributed by atoms with van der Waals surface area (Å²) in [7, 11) is 0. The fourth-order valence-electron chi connectivity index (χ4n) is 1.72. The van der Waals surface area contributed by atoms with Crippen molar-refractivity contribution in [3.8, 4) is 11.8 Å². The largest absolute Gasteiger partial charge is 0.464 e. The van der Waals surface area contributed by atoms with E-state index in [1.54, 1.807) is 0 Å². The summed E-state index contributed by atoms with van der Waals surface area (Å²) in [6.45, 7) is 0.339. The van der Waals surface area contributed by atoms with E-state index < -0.39 is 0 Å². The van der Waals surface area contributed by atoms with Crippen LogP contribution >= 0.6 is 0 Å². The van der Waals surface area contributed by atoms with Crippen molar-refractivity contribution < 1.29 is 9.53 Å². The van der Waals surface area contributed by atoms with Gasteiger partial charge in [0.1, 0.15) is 6.61 Å². The number of carbonyl (C=O) groups is 1. The third-order valence-electron chi connectivity index (χ3n) is 2.69. The normalized spacial score (nSPS) is 9.40. The fourth-order valence-corrected chi connectivity index (χ4v) is 1.72. The first kappa shape index (κ1) is 13.9. The molecule has 0 aliphatic carbocycles. The molecule has 0 bridgehead atoms. The Bertz CT molecular complexity index is 592. The van der Waals surface area contributed by atoms with Gasteiger partial charge in [-0.05, 0) is 17.7 Å². The highest BCUT2D eigenvalue weighted by atomic mass is 16.5. The van der Waals surface area contributed by atoms with E-state index in [0.29, 0.717) is 19.4 Å². The quantitative estimate of drug-likeness (QED) is 0.481.